The lowest BCUT2D eigenvalue weighted by molar-refractivity contribution is 0.176. The van der Waals surface area contributed by atoms with E-state index in [4.69, 9.17) is 4.42 Å². The minimum absolute atomic E-state index is 0.713. The molecule has 1 aromatic heterocycles. The van der Waals surface area contributed by atoms with Crippen LogP contribution in [0.2, 0.25) is 0 Å². The van der Waals surface area contributed by atoms with E-state index < -0.39 is 0 Å². The maximum Gasteiger partial charge on any atom is 0.194 e. The van der Waals surface area contributed by atoms with E-state index in [9.17, 15) is 0 Å². The second kappa shape index (κ2) is 6.17. The van der Waals surface area contributed by atoms with Gasteiger partial charge in [0.15, 0.2) is 5.89 Å². The average molecular weight is 237 g/mol. The first-order valence-corrected chi connectivity index (χ1v) is 6.62. The van der Waals surface area contributed by atoms with Gasteiger partial charge in [0, 0.05) is 19.5 Å². The molecule has 0 spiro atoms. The second-order valence-electron chi connectivity index (χ2n) is 4.87. The number of hydrogen-bond donors (Lipinski definition) is 1. The third kappa shape index (κ3) is 3.54. The van der Waals surface area contributed by atoms with Crippen LogP contribution >= 0.6 is 0 Å². The zero-order valence-corrected chi connectivity index (χ0v) is 10.9. The molecule has 1 aliphatic heterocycles. The topological polar surface area (TPSA) is 41.3 Å². The van der Waals surface area contributed by atoms with Gasteiger partial charge < -0.3 is 14.6 Å². The molecule has 96 valence electrons. The van der Waals surface area contributed by atoms with Crippen molar-refractivity contribution in [1.82, 2.24) is 15.2 Å². The van der Waals surface area contributed by atoms with Gasteiger partial charge in [0.25, 0.3) is 0 Å². The van der Waals surface area contributed by atoms with Gasteiger partial charge in [-0.1, -0.05) is 6.92 Å². The fourth-order valence-corrected chi connectivity index (χ4v) is 2.56. The van der Waals surface area contributed by atoms with Crippen LogP contribution in [0.4, 0.5) is 0 Å². The van der Waals surface area contributed by atoms with E-state index in [-0.39, 0.29) is 0 Å². The fourth-order valence-electron chi connectivity index (χ4n) is 2.56. The smallest absolute Gasteiger partial charge is 0.194 e. The zero-order valence-electron chi connectivity index (χ0n) is 10.9. The summed E-state index contributed by atoms with van der Waals surface area (Å²) < 4.78 is 5.52. The third-order valence-electron chi connectivity index (χ3n) is 3.47. The molecular formula is C13H23N3O. The molecule has 0 bridgehead atoms. The Morgan fingerprint density at radius 3 is 3.24 bits per heavy atom. The molecule has 0 radical (unpaired) electrons. The van der Waals surface area contributed by atoms with Gasteiger partial charge in [-0.05, 0) is 38.9 Å². The number of rotatable bonds is 5. The first-order valence-electron chi connectivity index (χ1n) is 6.62. The lowest BCUT2D eigenvalue weighted by Crippen LogP contribution is -2.35. The molecule has 1 atom stereocenters. The molecule has 1 aromatic rings. The van der Waals surface area contributed by atoms with Crippen molar-refractivity contribution in [3.63, 3.8) is 0 Å². The second-order valence-corrected chi connectivity index (χ2v) is 4.87. The Bertz CT molecular complexity index is 337. The number of nitrogens with zero attached hydrogens (tertiary/aromatic N) is 2. The van der Waals surface area contributed by atoms with Gasteiger partial charge in [-0.3, -0.25) is 0 Å². The summed E-state index contributed by atoms with van der Waals surface area (Å²) >= 11 is 0. The predicted molar refractivity (Wildman–Crippen MR) is 67.8 cm³/mol. The van der Waals surface area contributed by atoms with Crippen molar-refractivity contribution in [3.8, 4) is 0 Å². The molecule has 4 heteroatoms. The lowest BCUT2D eigenvalue weighted by atomic mass is 9.95. The van der Waals surface area contributed by atoms with Gasteiger partial charge in [-0.15, -0.1) is 0 Å². The van der Waals surface area contributed by atoms with Crippen molar-refractivity contribution in [2.45, 2.75) is 32.7 Å². The summed E-state index contributed by atoms with van der Waals surface area (Å²) in [5.74, 6) is 1.61. The highest BCUT2D eigenvalue weighted by Gasteiger charge is 2.20. The molecule has 1 unspecified atom stereocenters. The van der Waals surface area contributed by atoms with Crippen molar-refractivity contribution in [3.05, 3.63) is 17.8 Å². The highest BCUT2D eigenvalue weighted by atomic mass is 16.3. The maximum atomic E-state index is 5.52. The van der Waals surface area contributed by atoms with Gasteiger partial charge in [0.2, 0.25) is 0 Å². The molecule has 0 aromatic carbocycles. The molecule has 0 saturated carbocycles. The minimum atomic E-state index is 0.713. The summed E-state index contributed by atoms with van der Waals surface area (Å²) in [5, 5.41) is 3.09. The van der Waals surface area contributed by atoms with E-state index in [1.54, 1.807) is 6.26 Å². The van der Waals surface area contributed by atoms with Crippen molar-refractivity contribution in [2.75, 3.05) is 26.7 Å². The van der Waals surface area contributed by atoms with E-state index in [2.05, 4.69) is 22.1 Å². The van der Waals surface area contributed by atoms with Crippen molar-refractivity contribution in [1.29, 1.82) is 0 Å². The summed E-state index contributed by atoms with van der Waals surface area (Å²) in [5.41, 5.74) is 1.01. The first kappa shape index (κ1) is 12.6. The number of oxazole rings is 1. The number of aromatic nitrogens is 1. The Morgan fingerprint density at radius 2 is 2.47 bits per heavy atom. The van der Waals surface area contributed by atoms with Crippen molar-refractivity contribution < 1.29 is 4.42 Å². The zero-order chi connectivity index (χ0) is 12.1. The summed E-state index contributed by atoms with van der Waals surface area (Å²) in [4.78, 5) is 7.02. The van der Waals surface area contributed by atoms with Gasteiger partial charge in [0.05, 0.1) is 5.69 Å². The van der Waals surface area contributed by atoms with Crippen LogP contribution in [-0.2, 0) is 13.0 Å². The maximum absolute atomic E-state index is 5.52. The quantitative estimate of drug-likeness (QED) is 0.846. The molecule has 2 heterocycles. The Hall–Kier alpha value is -0.870. The van der Waals surface area contributed by atoms with Gasteiger partial charge in [-0.2, -0.15) is 0 Å². The largest absolute Gasteiger partial charge is 0.449 e. The monoisotopic (exact) mass is 237 g/mol. The molecule has 0 amide bonds. The van der Waals surface area contributed by atoms with Crippen LogP contribution in [0.5, 0.6) is 0 Å². The molecule has 1 N–H and O–H groups in total. The predicted octanol–water partition coefficient (Wildman–Crippen LogP) is 1.67. The van der Waals surface area contributed by atoms with E-state index in [1.807, 2.05) is 7.05 Å². The molecule has 17 heavy (non-hydrogen) atoms. The number of nitrogens with one attached hydrogen (secondary N) is 1. The van der Waals surface area contributed by atoms with E-state index in [1.165, 1.54) is 25.9 Å². The number of piperidine rings is 1. The minimum Gasteiger partial charge on any atom is -0.449 e. The van der Waals surface area contributed by atoms with Crippen molar-refractivity contribution >= 4 is 0 Å². The van der Waals surface area contributed by atoms with Crippen LogP contribution in [0.25, 0.3) is 0 Å². The highest BCUT2D eigenvalue weighted by molar-refractivity contribution is 4.97. The van der Waals surface area contributed by atoms with E-state index >= 15 is 0 Å². The molecule has 2 rings (SSSR count). The fraction of sp³-hybridized carbons (Fsp3) is 0.769. The van der Waals surface area contributed by atoms with Crippen LogP contribution in [-0.4, -0.2) is 36.6 Å². The Labute approximate surface area is 103 Å². The molecule has 4 nitrogen and oxygen atoms in total. The van der Waals surface area contributed by atoms with Crippen LogP contribution in [0, 0.1) is 5.92 Å². The van der Waals surface area contributed by atoms with Crippen LogP contribution in [0.1, 0.15) is 31.4 Å². The highest BCUT2D eigenvalue weighted by Crippen LogP contribution is 2.20. The summed E-state index contributed by atoms with van der Waals surface area (Å²) in [6, 6.07) is 0. The Balaban J connectivity index is 1.86. The van der Waals surface area contributed by atoms with E-state index in [0.29, 0.717) is 5.92 Å². The molecular weight excluding hydrogens is 214 g/mol. The summed E-state index contributed by atoms with van der Waals surface area (Å²) in [6.07, 6.45) is 5.37. The van der Waals surface area contributed by atoms with Crippen molar-refractivity contribution in [2.24, 2.45) is 5.92 Å². The summed E-state index contributed by atoms with van der Waals surface area (Å²) in [7, 11) is 1.93. The average Bonchev–Trinajstić information content (AvgIpc) is 2.77. The van der Waals surface area contributed by atoms with E-state index in [0.717, 1.165) is 31.1 Å². The lowest BCUT2D eigenvalue weighted by Gasteiger charge is -2.31. The molecule has 1 saturated heterocycles. The van der Waals surface area contributed by atoms with Gasteiger partial charge in [0.1, 0.15) is 6.26 Å². The number of likely N-dealkylation sites (tertiary alicyclic amines) is 1. The van der Waals surface area contributed by atoms with Crippen LogP contribution in [0.3, 0.4) is 0 Å². The summed E-state index contributed by atoms with van der Waals surface area (Å²) in [6.45, 7) is 6.63. The number of hydrogen-bond acceptors (Lipinski definition) is 4. The third-order valence-corrected chi connectivity index (χ3v) is 3.47. The van der Waals surface area contributed by atoms with Crippen LogP contribution < -0.4 is 5.32 Å². The normalized spacial score (nSPS) is 21.9. The molecule has 0 aliphatic carbocycles. The van der Waals surface area contributed by atoms with Gasteiger partial charge in [-0.25, -0.2) is 4.98 Å². The molecule has 1 fully saturated rings. The van der Waals surface area contributed by atoms with Gasteiger partial charge >= 0.3 is 0 Å². The standard InChI is InChI=1S/C13H23N3O/c1-3-16-6-4-5-11(9-16)7-13-15-12(8-14-2)10-17-13/h10-11,14H,3-9H2,1-2H3. The van der Waals surface area contributed by atoms with Crippen LogP contribution in [0.15, 0.2) is 10.7 Å². The Morgan fingerprint density at radius 1 is 1.59 bits per heavy atom. The Kier molecular flexibility index (Phi) is 4.57. The first-order chi connectivity index (χ1) is 8.31. The molecule has 1 aliphatic rings. The SMILES string of the molecule is CCN1CCCC(Cc2nc(CNC)co2)C1.